The normalized spacial score (nSPS) is 22.1. The second kappa shape index (κ2) is 14.7. The van der Waals surface area contributed by atoms with Crippen molar-refractivity contribution in [1.29, 1.82) is 0 Å². The lowest BCUT2D eigenvalue weighted by Gasteiger charge is -2.23. The molecule has 3 aliphatic rings. The van der Waals surface area contributed by atoms with Crippen LogP contribution < -0.4 is 9.47 Å². The molecule has 2 aromatic rings. The Morgan fingerprint density at radius 1 is 0.632 bits per heavy atom. The van der Waals surface area contributed by atoms with Crippen molar-refractivity contribution < 1.29 is 18.9 Å². The molecule has 5 rings (SSSR count). The molecule has 0 saturated carbocycles. The van der Waals surface area contributed by atoms with Crippen LogP contribution in [-0.4, -0.2) is 38.6 Å². The molecule has 3 atom stereocenters. The highest BCUT2D eigenvalue weighted by Crippen LogP contribution is 2.37. The molecule has 38 heavy (non-hydrogen) atoms. The van der Waals surface area contributed by atoms with E-state index < -0.39 is 0 Å². The molecule has 0 bridgehead atoms. The van der Waals surface area contributed by atoms with E-state index in [-0.39, 0.29) is 0 Å². The number of hydrogen-bond acceptors (Lipinski definition) is 4. The van der Waals surface area contributed by atoms with Crippen molar-refractivity contribution in [2.24, 2.45) is 0 Å². The topological polar surface area (TPSA) is 43.5 Å². The van der Waals surface area contributed by atoms with Crippen LogP contribution in [-0.2, 0) is 9.47 Å². The van der Waals surface area contributed by atoms with Gasteiger partial charge in [-0.25, -0.2) is 0 Å². The Balaban J connectivity index is 0.962. The van der Waals surface area contributed by atoms with Gasteiger partial charge in [0.1, 0.15) is 11.5 Å². The Kier molecular flexibility index (Phi) is 10.6. The van der Waals surface area contributed by atoms with Gasteiger partial charge in [-0.3, -0.25) is 0 Å². The number of benzene rings is 2. The van der Waals surface area contributed by atoms with Gasteiger partial charge in [0.15, 0.2) is 0 Å². The Morgan fingerprint density at radius 2 is 1.16 bits per heavy atom. The Hall–Kier alpha value is -2.30. The lowest BCUT2D eigenvalue weighted by molar-refractivity contribution is 0.303. The molecule has 0 aromatic heterocycles. The van der Waals surface area contributed by atoms with Gasteiger partial charge in [0, 0.05) is 0 Å². The molecule has 1 aliphatic carbocycles. The number of epoxide rings is 2. The largest absolute Gasteiger partial charge is 0.494 e. The monoisotopic (exact) mass is 518 g/mol. The van der Waals surface area contributed by atoms with Gasteiger partial charge in [0.25, 0.3) is 0 Å². The van der Waals surface area contributed by atoms with Crippen molar-refractivity contribution in [2.45, 2.75) is 102 Å². The molecular formula is C34H46O4. The third-order valence-electron chi connectivity index (χ3n) is 8.17. The third-order valence-corrected chi connectivity index (χ3v) is 8.17. The standard InChI is InChI=1S/C34H46O4/c1(5-9-33-25-37-33)3-7-23-35-31-19-15-29(16-20-31)27-11-13-28(14-12-27)30-17-21-32(22-18-30)36-24-8-4-2-6-10-34-26-38-34/h11,15-22,28,33-34H,1-10,12-14,23-26H2. The number of rotatable bonds is 18. The summed E-state index contributed by atoms with van der Waals surface area (Å²) in [6.07, 6.45) is 19.4. The van der Waals surface area contributed by atoms with Crippen LogP contribution >= 0.6 is 0 Å². The minimum atomic E-state index is 0.573. The maximum absolute atomic E-state index is 5.98. The number of hydrogen-bond donors (Lipinski definition) is 0. The van der Waals surface area contributed by atoms with Crippen LogP contribution in [0.4, 0.5) is 0 Å². The summed E-state index contributed by atoms with van der Waals surface area (Å²) in [4.78, 5) is 0. The van der Waals surface area contributed by atoms with Crippen molar-refractivity contribution in [1.82, 2.24) is 0 Å². The first-order valence-corrected chi connectivity index (χ1v) is 15.2. The molecule has 2 aliphatic heterocycles. The molecule has 0 spiro atoms. The van der Waals surface area contributed by atoms with Crippen molar-refractivity contribution in [3.63, 3.8) is 0 Å². The molecular weight excluding hydrogens is 472 g/mol. The van der Waals surface area contributed by atoms with Crippen molar-refractivity contribution in [3.8, 4) is 11.5 Å². The maximum atomic E-state index is 5.98. The van der Waals surface area contributed by atoms with E-state index in [2.05, 4.69) is 54.6 Å². The fourth-order valence-corrected chi connectivity index (χ4v) is 5.51. The van der Waals surface area contributed by atoms with Gasteiger partial charge in [-0.05, 0) is 91.8 Å². The highest BCUT2D eigenvalue weighted by atomic mass is 16.6. The lowest BCUT2D eigenvalue weighted by atomic mass is 9.83. The quantitative estimate of drug-likeness (QED) is 0.147. The van der Waals surface area contributed by atoms with Gasteiger partial charge >= 0.3 is 0 Å². The Morgan fingerprint density at radius 3 is 1.66 bits per heavy atom. The minimum Gasteiger partial charge on any atom is -0.494 e. The average Bonchev–Trinajstić information content (AvgIpc) is 3.89. The van der Waals surface area contributed by atoms with E-state index in [9.17, 15) is 0 Å². The third kappa shape index (κ3) is 9.47. The van der Waals surface area contributed by atoms with Crippen LogP contribution in [0, 0.1) is 0 Å². The number of allylic oxidation sites excluding steroid dienone is 2. The molecule has 2 aromatic carbocycles. The first kappa shape index (κ1) is 27.3. The van der Waals surface area contributed by atoms with Crippen LogP contribution in [0.3, 0.4) is 0 Å². The van der Waals surface area contributed by atoms with E-state index >= 15 is 0 Å². The summed E-state index contributed by atoms with van der Waals surface area (Å²) >= 11 is 0. The summed E-state index contributed by atoms with van der Waals surface area (Å²) in [5, 5.41) is 0. The Bertz CT molecular complexity index is 973. The van der Waals surface area contributed by atoms with E-state index in [1.54, 1.807) is 0 Å². The van der Waals surface area contributed by atoms with E-state index in [4.69, 9.17) is 18.9 Å². The van der Waals surface area contributed by atoms with Crippen LogP contribution in [0.15, 0.2) is 54.6 Å². The minimum absolute atomic E-state index is 0.573. The zero-order valence-electron chi connectivity index (χ0n) is 23.1. The van der Waals surface area contributed by atoms with Gasteiger partial charge in [-0.2, -0.15) is 0 Å². The van der Waals surface area contributed by atoms with Gasteiger partial charge in [-0.15, -0.1) is 0 Å². The predicted octanol–water partition coefficient (Wildman–Crippen LogP) is 8.49. The fourth-order valence-electron chi connectivity index (χ4n) is 5.51. The lowest BCUT2D eigenvalue weighted by Crippen LogP contribution is -2.04. The Labute approximate surface area is 229 Å². The molecule has 4 heteroatoms. The maximum Gasteiger partial charge on any atom is 0.119 e. The summed E-state index contributed by atoms with van der Waals surface area (Å²) in [6.45, 7) is 3.59. The van der Waals surface area contributed by atoms with Crippen molar-refractivity contribution >= 4 is 5.57 Å². The zero-order chi connectivity index (χ0) is 25.8. The second-order valence-electron chi connectivity index (χ2n) is 11.3. The number of unbranched alkanes of at least 4 members (excludes halogenated alkanes) is 6. The van der Waals surface area contributed by atoms with Crippen LogP contribution in [0.5, 0.6) is 11.5 Å². The van der Waals surface area contributed by atoms with E-state index in [0.29, 0.717) is 18.1 Å². The van der Waals surface area contributed by atoms with Gasteiger partial charge in [-0.1, -0.05) is 68.9 Å². The molecule has 0 amide bonds. The zero-order valence-corrected chi connectivity index (χ0v) is 23.1. The first-order valence-electron chi connectivity index (χ1n) is 15.2. The fraction of sp³-hybridized carbons (Fsp3) is 0.588. The average molecular weight is 519 g/mol. The van der Waals surface area contributed by atoms with E-state index in [1.807, 2.05) is 0 Å². The highest BCUT2D eigenvalue weighted by Gasteiger charge is 2.21. The number of ether oxygens (including phenoxy) is 4. The summed E-state index contributed by atoms with van der Waals surface area (Å²) < 4.78 is 22.5. The van der Waals surface area contributed by atoms with Crippen LogP contribution in [0.2, 0.25) is 0 Å². The second-order valence-corrected chi connectivity index (χ2v) is 11.3. The molecule has 2 saturated heterocycles. The first-order chi connectivity index (χ1) is 18.8. The molecule has 2 fully saturated rings. The summed E-state index contributed by atoms with van der Waals surface area (Å²) in [5.74, 6) is 2.58. The summed E-state index contributed by atoms with van der Waals surface area (Å²) in [5.41, 5.74) is 4.24. The SMILES string of the molecule is C1=C(c2ccc(OCCCCCCC3CO3)cc2)CCC(c2ccc(OCCCCCCC3CO3)cc2)C1. The van der Waals surface area contributed by atoms with Crippen molar-refractivity contribution in [3.05, 3.63) is 65.7 Å². The van der Waals surface area contributed by atoms with Gasteiger partial charge < -0.3 is 18.9 Å². The molecule has 2 heterocycles. The molecule has 0 radical (unpaired) electrons. The summed E-state index contributed by atoms with van der Waals surface area (Å²) in [6, 6.07) is 17.6. The smallest absolute Gasteiger partial charge is 0.119 e. The molecule has 4 nitrogen and oxygen atoms in total. The van der Waals surface area contributed by atoms with E-state index in [0.717, 1.165) is 63.6 Å². The van der Waals surface area contributed by atoms with Crippen LogP contribution in [0.1, 0.15) is 101 Å². The highest BCUT2D eigenvalue weighted by molar-refractivity contribution is 5.67. The van der Waals surface area contributed by atoms with Gasteiger partial charge in [0.2, 0.25) is 0 Å². The van der Waals surface area contributed by atoms with Gasteiger partial charge in [0.05, 0.1) is 38.6 Å². The summed E-state index contributed by atoms with van der Waals surface area (Å²) in [7, 11) is 0. The molecule has 3 unspecified atom stereocenters. The molecule has 0 N–H and O–H groups in total. The van der Waals surface area contributed by atoms with E-state index in [1.165, 1.54) is 74.5 Å². The predicted molar refractivity (Wildman–Crippen MR) is 154 cm³/mol. The molecule has 206 valence electrons. The van der Waals surface area contributed by atoms with Crippen molar-refractivity contribution in [2.75, 3.05) is 26.4 Å². The van der Waals surface area contributed by atoms with Crippen LogP contribution in [0.25, 0.3) is 5.57 Å².